The number of rotatable bonds is 3. The van der Waals surface area contributed by atoms with Gasteiger partial charge in [0, 0.05) is 11.6 Å². The molecular formula is C13H8ClN3O2S. The molecule has 0 aromatic carbocycles. The van der Waals surface area contributed by atoms with Gasteiger partial charge in [0.25, 0.3) is 5.91 Å². The molecule has 0 spiro atoms. The quantitative estimate of drug-likeness (QED) is 0.801. The van der Waals surface area contributed by atoms with Crippen molar-refractivity contribution in [3.63, 3.8) is 0 Å². The van der Waals surface area contributed by atoms with Gasteiger partial charge in [0.1, 0.15) is 11.5 Å². The highest BCUT2D eigenvalue weighted by molar-refractivity contribution is 7.13. The van der Waals surface area contributed by atoms with Crippen molar-refractivity contribution < 1.29 is 9.21 Å². The molecule has 0 radical (unpaired) electrons. The highest BCUT2D eigenvalue weighted by Gasteiger charge is 2.13. The minimum Gasteiger partial charge on any atom is -0.462 e. The number of furan rings is 1. The smallest absolute Gasteiger partial charge is 0.276 e. The van der Waals surface area contributed by atoms with Crippen LogP contribution in [0.3, 0.4) is 0 Å². The van der Waals surface area contributed by atoms with E-state index in [2.05, 4.69) is 15.3 Å². The zero-order valence-electron chi connectivity index (χ0n) is 10.0. The Bertz CT molecular complexity index is 722. The number of hydrogen-bond donors (Lipinski definition) is 1. The van der Waals surface area contributed by atoms with Crippen LogP contribution in [-0.4, -0.2) is 15.9 Å². The third kappa shape index (κ3) is 2.71. The number of hydrogen-bond acceptors (Lipinski definition) is 5. The van der Waals surface area contributed by atoms with E-state index in [-0.39, 0.29) is 5.91 Å². The maximum absolute atomic E-state index is 12.0. The van der Waals surface area contributed by atoms with Gasteiger partial charge in [0.15, 0.2) is 10.8 Å². The molecule has 0 aliphatic carbocycles. The Morgan fingerprint density at radius 2 is 2.25 bits per heavy atom. The van der Waals surface area contributed by atoms with Crippen LogP contribution in [0.5, 0.6) is 0 Å². The van der Waals surface area contributed by atoms with Crippen LogP contribution in [0.25, 0.3) is 10.8 Å². The fraction of sp³-hybridized carbons (Fsp3) is 0. The highest BCUT2D eigenvalue weighted by Crippen LogP contribution is 2.24. The molecule has 100 valence electrons. The third-order valence-corrected chi connectivity index (χ3v) is 3.52. The first kappa shape index (κ1) is 12.8. The fourth-order valence-corrected chi connectivity index (χ4v) is 2.40. The first-order valence-electron chi connectivity index (χ1n) is 5.65. The molecule has 0 atom stereocenters. The van der Waals surface area contributed by atoms with Crippen molar-refractivity contribution in [3.8, 4) is 10.8 Å². The fourth-order valence-electron chi connectivity index (χ4n) is 1.52. The number of aromatic nitrogens is 2. The van der Waals surface area contributed by atoms with Crippen LogP contribution in [-0.2, 0) is 0 Å². The first-order valence-corrected chi connectivity index (χ1v) is 6.90. The molecule has 3 aromatic rings. The zero-order valence-corrected chi connectivity index (χ0v) is 11.6. The van der Waals surface area contributed by atoms with Gasteiger partial charge in [-0.1, -0.05) is 11.6 Å². The summed E-state index contributed by atoms with van der Waals surface area (Å²) in [5.41, 5.74) is 0.318. The van der Waals surface area contributed by atoms with Gasteiger partial charge in [-0.25, -0.2) is 9.97 Å². The Balaban J connectivity index is 1.76. The largest absolute Gasteiger partial charge is 0.462 e. The first-order chi connectivity index (χ1) is 9.72. The summed E-state index contributed by atoms with van der Waals surface area (Å²) in [6.45, 7) is 0. The number of nitrogens with zero attached hydrogens (tertiary/aromatic N) is 2. The summed E-state index contributed by atoms with van der Waals surface area (Å²) in [4.78, 5) is 20.2. The predicted molar refractivity (Wildman–Crippen MR) is 77.0 cm³/mol. The number of thiazole rings is 1. The molecular weight excluding hydrogens is 298 g/mol. The van der Waals surface area contributed by atoms with Gasteiger partial charge in [-0.05, 0) is 24.3 Å². The highest BCUT2D eigenvalue weighted by atomic mass is 35.5. The summed E-state index contributed by atoms with van der Waals surface area (Å²) in [6.07, 6.45) is 3.03. The molecule has 3 heterocycles. The van der Waals surface area contributed by atoms with E-state index in [0.717, 1.165) is 0 Å². The van der Waals surface area contributed by atoms with E-state index in [4.69, 9.17) is 16.0 Å². The van der Waals surface area contributed by atoms with E-state index in [1.165, 1.54) is 17.5 Å². The summed E-state index contributed by atoms with van der Waals surface area (Å²) < 4.78 is 5.23. The lowest BCUT2D eigenvalue weighted by Gasteiger charge is -2.01. The molecule has 1 N–H and O–H groups in total. The molecule has 0 bridgehead atoms. The predicted octanol–water partition coefficient (Wildman–Crippen LogP) is 3.70. The lowest BCUT2D eigenvalue weighted by molar-refractivity contribution is 0.102. The SMILES string of the molecule is O=C(Nc1ccc(Cl)cn1)c1csc(-c2ccco2)n1. The van der Waals surface area contributed by atoms with Gasteiger partial charge >= 0.3 is 0 Å². The summed E-state index contributed by atoms with van der Waals surface area (Å²) >= 11 is 7.07. The molecule has 0 saturated carbocycles. The molecule has 3 aromatic heterocycles. The molecule has 0 unspecified atom stereocenters. The van der Waals surface area contributed by atoms with Crippen LogP contribution >= 0.6 is 22.9 Å². The number of anilines is 1. The Morgan fingerprint density at radius 1 is 1.35 bits per heavy atom. The van der Waals surface area contributed by atoms with Crippen LogP contribution in [0.2, 0.25) is 5.02 Å². The third-order valence-electron chi connectivity index (χ3n) is 2.44. The molecule has 0 saturated heterocycles. The number of nitrogens with one attached hydrogen (secondary N) is 1. The van der Waals surface area contributed by atoms with Gasteiger partial charge in [-0.15, -0.1) is 11.3 Å². The Hall–Kier alpha value is -2.18. The van der Waals surface area contributed by atoms with E-state index < -0.39 is 0 Å². The molecule has 3 rings (SSSR count). The molecule has 0 aliphatic heterocycles. The van der Waals surface area contributed by atoms with E-state index in [9.17, 15) is 4.79 Å². The average molecular weight is 306 g/mol. The van der Waals surface area contributed by atoms with Crippen molar-refractivity contribution >= 4 is 34.7 Å². The lowest BCUT2D eigenvalue weighted by atomic mass is 10.4. The second-order valence-electron chi connectivity index (χ2n) is 3.83. The number of carbonyl (C=O) groups excluding carboxylic acids is 1. The molecule has 7 heteroatoms. The standard InChI is InChI=1S/C13H8ClN3O2S/c14-8-3-4-11(15-6-8)17-12(18)9-7-20-13(16-9)10-2-1-5-19-10/h1-7H,(H,15,17,18). The van der Waals surface area contributed by atoms with Gasteiger partial charge in [-0.2, -0.15) is 0 Å². The maximum atomic E-state index is 12.0. The summed E-state index contributed by atoms with van der Waals surface area (Å²) in [6, 6.07) is 6.84. The molecule has 1 amide bonds. The van der Waals surface area contributed by atoms with E-state index in [1.54, 1.807) is 35.9 Å². The number of pyridine rings is 1. The maximum Gasteiger partial charge on any atom is 0.276 e. The van der Waals surface area contributed by atoms with Crippen molar-refractivity contribution in [3.05, 3.63) is 52.8 Å². The number of amides is 1. The summed E-state index contributed by atoms with van der Waals surface area (Å²) in [5, 5.41) is 5.49. The minimum atomic E-state index is -0.325. The van der Waals surface area contributed by atoms with Crippen molar-refractivity contribution in [2.75, 3.05) is 5.32 Å². The minimum absolute atomic E-state index is 0.318. The lowest BCUT2D eigenvalue weighted by Crippen LogP contribution is -2.13. The monoisotopic (exact) mass is 305 g/mol. The Morgan fingerprint density at radius 3 is 2.95 bits per heavy atom. The topological polar surface area (TPSA) is 68.0 Å². The van der Waals surface area contributed by atoms with Crippen molar-refractivity contribution in [2.45, 2.75) is 0 Å². The molecule has 20 heavy (non-hydrogen) atoms. The number of carbonyl (C=O) groups is 1. The Kier molecular flexibility index (Phi) is 3.49. The van der Waals surface area contributed by atoms with Crippen molar-refractivity contribution in [1.82, 2.24) is 9.97 Å². The Labute approximate surface area is 123 Å². The second kappa shape index (κ2) is 5.44. The van der Waals surface area contributed by atoms with Gasteiger partial charge in [0.05, 0.1) is 11.3 Å². The van der Waals surface area contributed by atoms with Crippen LogP contribution < -0.4 is 5.32 Å². The van der Waals surface area contributed by atoms with Crippen LogP contribution in [0, 0.1) is 0 Å². The summed E-state index contributed by atoms with van der Waals surface area (Å²) in [7, 11) is 0. The number of halogens is 1. The van der Waals surface area contributed by atoms with E-state index in [0.29, 0.717) is 27.3 Å². The summed E-state index contributed by atoms with van der Waals surface area (Å²) in [5.74, 6) is 0.736. The average Bonchev–Trinajstić information content (AvgIpc) is 3.11. The molecule has 0 aliphatic rings. The van der Waals surface area contributed by atoms with Gasteiger partial charge in [0.2, 0.25) is 0 Å². The van der Waals surface area contributed by atoms with E-state index >= 15 is 0 Å². The van der Waals surface area contributed by atoms with Crippen LogP contribution in [0.4, 0.5) is 5.82 Å². The van der Waals surface area contributed by atoms with Crippen LogP contribution in [0.1, 0.15) is 10.5 Å². The van der Waals surface area contributed by atoms with Crippen molar-refractivity contribution in [1.29, 1.82) is 0 Å². The molecule has 0 fully saturated rings. The second-order valence-corrected chi connectivity index (χ2v) is 5.13. The van der Waals surface area contributed by atoms with Crippen molar-refractivity contribution in [2.24, 2.45) is 0 Å². The normalized spacial score (nSPS) is 10.4. The van der Waals surface area contributed by atoms with Gasteiger partial charge < -0.3 is 9.73 Å². The van der Waals surface area contributed by atoms with E-state index in [1.807, 2.05) is 0 Å². The zero-order chi connectivity index (χ0) is 13.9. The molecule has 5 nitrogen and oxygen atoms in total. The van der Waals surface area contributed by atoms with Gasteiger partial charge in [-0.3, -0.25) is 4.79 Å². The van der Waals surface area contributed by atoms with Crippen LogP contribution in [0.15, 0.2) is 46.5 Å².